The zero-order valence-electron chi connectivity index (χ0n) is 53.1. The van der Waals surface area contributed by atoms with Gasteiger partial charge in [-0.05, 0) is 121 Å². The van der Waals surface area contributed by atoms with Crippen molar-refractivity contribution in [2.24, 2.45) is 0 Å². The van der Waals surface area contributed by atoms with E-state index in [0.29, 0.717) is 68.2 Å². The molecule has 4 heterocycles. The summed E-state index contributed by atoms with van der Waals surface area (Å²) >= 11 is 0. The van der Waals surface area contributed by atoms with Crippen LogP contribution in [0.4, 0.5) is 0 Å². The molecule has 0 saturated heterocycles. The number of nitrogens with zero attached hydrogens (tertiary/aromatic N) is 4. The maximum absolute atomic E-state index is 10.2. The van der Waals surface area contributed by atoms with E-state index in [1.807, 2.05) is 97.1 Å². The van der Waals surface area contributed by atoms with Gasteiger partial charge in [0, 0.05) is 68.2 Å². The lowest BCUT2D eigenvalue weighted by Gasteiger charge is -2.38. The number of ether oxygens (including phenoxy) is 8. The molecule has 464 valence electrons. The van der Waals surface area contributed by atoms with Gasteiger partial charge in [0.2, 0.25) is 27.2 Å². The van der Waals surface area contributed by atoms with Gasteiger partial charge in [-0.2, -0.15) is 21.0 Å². The van der Waals surface area contributed by atoms with Crippen LogP contribution >= 0.6 is 0 Å². The smallest absolute Gasteiger partial charge is 0.230 e. The number of benzene rings is 8. The van der Waals surface area contributed by atoms with E-state index in [0.717, 1.165) is 192 Å². The standard InChI is InChI=1S/C80H76N4O8/c1-5-9-13-17-57-61-37-63-58(18-14-10-6-2)65-39-67-60(20-16-12-8-4)68-40-66-59(19-15-11-7-3)64-38-62(57)74-70(54-31-23-50(42-82)24-32-54)76(64)88-47-90-78(66)72(56-35-27-52(44-84)28-36-56)80(68)92-48-91-79(67)71(55-33-25-51(43-83)26-34-55)77(65)89-46-87-75(63)69(73(61)85-45-86-74)53-29-21-49(41-81)22-30-53/h21-40,57-60H,5-20,45-48H2,1-4H3. The van der Waals surface area contributed by atoms with Gasteiger partial charge < -0.3 is 37.9 Å². The van der Waals surface area contributed by atoms with Crippen LogP contribution in [-0.4, -0.2) is 27.2 Å². The van der Waals surface area contributed by atoms with Crippen molar-refractivity contribution in [3.63, 3.8) is 0 Å². The Morgan fingerprint density at radius 3 is 0.598 bits per heavy atom. The summed E-state index contributed by atoms with van der Waals surface area (Å²) in [5.41, 5.74) is 16.5. The first-order chi connectivity index (χ1) is 45.3. The monoisotopic (exact) mass is 1220 g/mol. The number of nitriles is 4. The summed E-state index contributed by atoms with van der Waals surface area (Å²) in [6.45, 7) is 8.26. The minimum Gasteiger partial charge on any atom is -0.456 e. The normalized spacial score (nSPS) is 16.8. The van der Waals surface area contributed by atoms with E-state index in [1.165, 1.54) is 0 Å². The molecular weight excluding hydrogens is 1140 g/mol. The Hall–Kier alpha value is -9.88. The minimum atomic E-state index is -0.325. The summed E-state index contributed by atoms with van der Waals surface area (Å²) in [6.07, 6.45) is 14.5. The highest BCUT2D eigenvalue weighted by Crippen LogP contribution is 2.62. The number of hydrogen-bond donors (Lipinski definition) is 0. The van der Waals surface area contributed by atoms with Gasteiger partial charge >= 0.3 is 0 Å². The minimum absolute atomic E-state index is 0.177. The van der Waals surface area contributed by atoms with Gasteiger partial charge in [0.25, 0.3) is 0 Å². The lowest BCUT2D eigenvalue weighted by Crippen LogP contribution is -2.24. The average Bonchev–Trinajstić information content (AvgIpc) is 0.745. The quantitative estimate of drug-likeness (QED) is 0.0663. The SMILES string of the molecule is CCCCCC1c2cc3c4c(-c5ccc(C#N)cc5)c2OCOc2c1cc1c(c2-c2ccc(C#N)cc2)OCOc2c(cc5c(c2-c2ccc(C#N)cc2)OCOc2c(cc(c(c2-c2ccc(C#N)cc2)OCO4)C3CCCCC)C5CCCCC)C1CCCCC. The van der Waals surface area contributed by atoms with E-state index in [2.05, 4.69) is 76.2 Å². The molecule has 0 unspecified atom stereocenters. The highest BCUT2D eigenvalue weighted by atomic mass is 16.7. The van der Waals surface area contributed by atoms with Crippen molar-refractivity contribution in [1.29, 1.82) is 21.0 Å². The van der Waals surface area contributed by atoms with Crippen molar-refractivity contribution >= 4 is 0 Å². The van der Waals surface area contributed by atoms with Crippen molar-refractivity contribution < 1.29 is 37.9 Å². The molecule has 0 radical (unpaired) electrons. The fourth-order valence-corrected chi connectivity index (χ4v) is 14.9. The Morgan fingerprint density at radius 1 is 0.272 bits per heavy atom. The van der Waals surface area contributed by atoms with Crippen LogP contribution in [0.25, 0.3) is 44.5 Å². The third-order valence-corrected chi connectivity index (χ3v) is 19.4. The summed E-state index contributed by atoms with van der Waals surface area (Å²) in [7, 11) is 0. The Labute approximate surface area is 540 Å². The molecule has 0 aromatic heterocycles. The first kappa shape index (κ1) is 61.0. The highest BCUT2D eigenvalue weighted by Gasteiger charge is 2.42. The second-order valence-electron chi connectivity index (χ2n) is 24.9. The Balaban J connectivity index is 1.26. The molecule has 92 heavy (non-hydrogen) atoms. The molecule has 5 aliphatic rings. The summed E-state index contributed by atoms with van der Waals surface area (Å²) in [5.74, 6) is 3.82. The van der Waals surface area contributed by atoms with E-state index in [9.17, 15) is 21.0 Å². The van der Waals surface area contributed by atoms with Crippen molar-refractivity contribution in [2.75, 3.05) is 27.2 Å². The van der Waals surface area contributed by atoms with E-state index >= 15 is 0 Å². The van der Waals surface area contributed by atoms with Gasteiger partial charge in [-0.15, -0.1) is 0 Å². The van der Waals surface area contributed by atoms with Gasteiger partial charge in [0.05, 0.1) is 68.8 Å². The predicted octanol–water partition coefficient (Wildman–Crippen LogP) is 19.9. The topological polar surface area (TPSA) is 169 Å². The average molecular weight is 1220 g/mol. The summed E-state index contributed by atoms with van der Waals surface area (Å²) in [4.78, 5) is 0. The molecule has 8 bridgehead atoms. The van der Waals surface area contributed by atoms with Gasteiger partial charge in [0.1, 0.15) is 46.0 Å². The number of hydrogen-bond acceptors (Lipinski definition) is 12. The van der Waals surface area contributed by atoms with Crippen LogP contribution in [0.2, 0.25) is 0 Å². The number of rotatable bonds is 20. The molecule has 0 atom stereocenters. The van der Waals surface area contributed by atoms with Gasteiger partial charge in [0.15, 0.2) is 0 Å². The van der Waals surface area contributed by atoms with Crippen molar-refractivity contribution in [3.05, 3.63) is 188 Å². The second-order valence-corrected chi connectivity index (χ2v) is 24.9. The first-order valence-electron chi connectivity index (χ1n) is 33.2. The molecule has 0 amide bonds. The number of unbranched alkanes of at least 4 members (excludes halogenated alkanes) is 8. The maximum atomic E-state index is 10.2. The second kappa shape index (κ2) is 27.3. The van der Waals surface area contributed by atoms with Gasteiger partial charge in [-0.1, -0.05) is 153 Å². The van der Waals surface area contributed by atoms with Crippen LogP contribution < -0.4 is 37.9 Å². The van der Waals surface area contributed by atoms with Crippen LogP contribution in [0.15, 0.2) is 121 Å². The Bertz CT molecular complexity index is 3570. The van der Waals surface area contributed by atoms with Crippen LogP contribution in [0, 0.1) is 45.3 Å². The van der Waals surface area contributed by atoms with Crippen molar-refractivity contribution in [2.45, 2.75) is 154 Å². The van der Waals surface area contributed by atoms with E-state index < -0.39 is 0 Å². The molecule has 4 aliphatic heterocycles. The predicted molar refractivity (Wildman–Crippen MR) is 355 cm³/mol. The summed E-state index contributed by atoms with van der Waals surface area (Å²) in [6, 6.07) is 49.9. The van der Waals surface area contributed by atoms with Gasteiger partial charge in [-0.25, -0.2) is 0 Å². The maximum Gasteiger partial charge on any atom is 0.230 e. The molecule has 13 rings (SSSR count). The van der Waals surface area contributed by atoms with Crippen molar-refractivity contribution in [3.8, 4) is 115 Å². The molecular formula is C80H76N4O8. The lowest BCUT2D eigenvalue weighted by molar-refractivity contribution is 0.101. The third kappa shape index (κ3) is 11.4. The Kier molecular flexibility index (Phi) is 18.1. The van der Waals surface area contributed by atoms with Crippen LogP contribution in [0.5, 0.6) is 46.0 Å². The fourth-order valence-electron chi connectivity index (χ4n) is 14.9. The molecule has 0 saturated carbocycles. The van der Waals surface area contributed by atoms with Crippen LogP contribution in [0.3, 0.4) is 0 Å². The lowest BCUT2D eigenvalue weighted by atomic mass is 9.73. The molecule has 1 aliphatic carbocycles. The van der Waals surface area contributed by atoms with Crippen LogP contribution in [0.1, 0.15) is 221 Å². The van der Waals surface area contributed by atoms with Crippen molar-refractivity contribution in [1.82, 2.24) is 0 Å². The summed E-state index contributed by atoms with van der Waals surface area (Å²) in [5, 5.41) is 41.0. The third-order valence-electron chi connectivity index (χ3n) is 19.4. The first-order valence-corrected chi connectivity index (χ1v) is 33.2. The molecule has 0 N–H and O–H groups in total. The zero-order valence-corrected chi connectivity index (χ0v) is 53.1. The molecule has 0 fully saturated rings. The van der Waals surface area contributed by atoms with E-state index in [-0.39, 0.29) is 50.8 Å². The molecule has 8 aromatic rings. The Morgan fingerprint density at radius 2 is 0.446 bits per heavy atom. The molecule has 8 aromatic carbocycles. The zero-order chi connectivity index (χ0) is 63.2. The highest BCUT2D eigenvalue weighted by molar-refractivity contribution is 5.89. The van der Waals surface area contributed by atoms with Crippen LogP contribution in [-0.2, 0) is 0 Å². The van der Waals surface area contributed by atoms with Gasteiger partial charge in [-0.3, -0.25) is 0 Å². The summed E-state index contributed by atoms with van der Waals surface area (Å²) < 4.78 is 58.2. The largest absolute Gasteiger partial charge is 0.456 e. The molecule has 12 nitrogen and oxygen atoms in total. The van der Waals surface area contributed by atoms with E-state index in [1.54, 1.807) is 0 Å². The molecule has 0 spiro atoms. The van der Waals surface area contributed by atoms with E-state index in [4.69, 9.17) is 37.9 Å². The fraction of sp³-hybridized carbons (Fsp3) is 0.350. The molecule has 12 heteroatoms.